The lowest BCUT2D eigenvalue weighted by Crippen LogP contribution is -2.54. The van der Waals surface area contributed by atoms with Gasteiger partial charge in [-0.15, -0.1) is 0 Å². The fourth-order valence-corrected chi connectivity index (χ4v) is 3.75. The molecule has 0 aromatic carbocycles. The van der Waals surface area contributed by atoms with Crippen LogP contribution in [0.2, 0.25) is 0 Å². The Labute approximate surface area is 133 Å². The maximum Gasteiger partial charge on any atom is 0.403 e. The van der Waals surface area contributed by atoms with Crippen molar-refractivity contribution in [2.24, 2.45) is 0 Å². The molecule has 132 valence electrons. The summed E-state index contributed by atoms with van der Waals surface area (Å²) in [6, 6.07) is -1.50. The van der Waals surface area contributed by atoms with Gasteiger partial charge >= 0.3 is 6.18 Å². The van der Waals surface area contributed by atoms with Gasteiger partial charge in [-0.25, -0.2) is 13.4 Å². The van der Waals surface area contributed by atoms with Crippen LogP contribution in [0.15, 0.2) is 17.6 Å². The number of halogens is 3. The van der Waals surface area contributed by atoms with Crippen molar-refractivity contribution in [2.45, 2.75) is 44.1 Å². The summed E-state index contributed by atoms with van der Waals surface area (Å²) in [4.78, 5) is 5.17. The molecule has 10 heteroatoms. The first-order chi connectivity index (χ1) is 10.5. The summed E-state index contributed by atoms with van der Waals surface area (Å²) in [6.07, 6.45) is -1.42. The van der Waals surface area contributed by atoms with E-state index in [1.54, 1.807) is 4.57 Å². The highest BCUT2D eigenvalue weighted by Crippen LogP contribution is 2.26. The molecule has 2 heterocycles. The summed E-state index contributed by atoms with van der Waals surface area (Å²) in [5, 5.41) is -0.0662. The lowest BCUT2D eigenvalue weighted by atomic mass is 10.2. The van der Waals surface area contributed by atoms with E-state index in [1.165, 1.54) is 21.7 Å². The molecule has 0 saturated carbocycles. The van der Waals surface area contributed by atoms with Crippen LogP contribution < -0.4 is 0 Å². The summed E-state index contributed by atoms with van der Waals surface area (Å²) in [6.45, 7) is 5.03. The molecule has 0 radical (unpaired) electrons. The van der Waals surface area contributed by atoms with E-state index in [2.05, 4.69) is 4.98 Å². The molecule has 1 aliphatic rings. The second-order valence-electron chi connectivity index (χ2n) is 5.91. The molecule has 1 atom stereocenters. The number of piperazine rings is 1. The van der Waals surface area contributed by atoms with Crippen LogP contribution >= 0.6 is 0 Å². The maximum atomic E-state index is 12.7. The van der Waals surface area contributed by atoms with Gasteiger partial charge in [0.2, 0.25) is 0 Å². The Bertz CT molecular complexity index is 634. The van der Waals surface area contributed by atoms with Crippen molar-refractivity contribution in [3.8, 4) is 0 Å². The lowest BCUT2D eigenvalue weighted by Gasteiger charge is -2.37. The molecular formula is C13H21F3N4O2S. The minimum absolute atomic E-state index is 0.0251. The Kier molecular flexibility index (Phi) is 5.07. The van der Waals surface area contributed by atoms with E-state index in [4.69, 9.17) is 0 Å². The molecule has 1 aromatic heterocycles. The molecule has 1 aliphatic heterocycles. The summed E-state index contributed by atoms with van der Waals surface area (Å²) >= 11 is 0. The third-order valence-corrected chi connectivity index (χ3v) is 5.86. The highest BCUT2D eigenvalue weighted by atomic mass is 32.2. The molecule has 0 aliphatic carbocycles. The zero-order chi connectivity index (χ0) is 17.4. The van der Waals surface area contributed by atoms with Gasteiger partial charge in [-0.3, -0.25) is 4.90 Å². The first-order valence-electron chi connectivity index (χ1n) is 7.38. The summed E-state index contributed by atoms with van der Waals surface area (Å²) < 4.78 is 66.0. The van der Waals surface area contributed by atoms with Crippen LogP contribution in [0.25, 0.3) is 0 Å². The third kappa shape index (κ3) is 3.86. The van der Waals surface area contributed by atoms with E-state index in [0.29, 0.717) is 0 Å². The van der Waals surface area contributed by atoms with E-state index in [0.717, 1.165) is 6.92 Å². The molecule has 0 spiro atoms. The van der Waals surface area contributed by atoms with Crippen LogP contribution in [0.5, 0.6) is 0 Å². The van der Waals surface area contributed by atoms with Crippen molar-refractivity contribution < 1.29 is 21.6 Å². The highest BCUT2D eigenvalue weighted by molar-refractivity contribution is 7.89. The van der Waals surface area contributed by atoms with Gasteiger partial charge in [0, 0.05) is 38.4 Å². The second-order valence-corrected chi connectivity index (χ2v) is 7.80. The number of nitrogens with zero attached hydrogens (tertiary/aromatic N) is 4. The van der Waals surface area contributed by atoms with E-state index in [1.807, 2.05) is 13.8 Å². The van der Waals surface area contributed by atoms with Crippen molar-refractivity contribution in [2.75, 3.05) is 26.2 Å². The molecule has 6 nitrogen and oxygen atoms in total. The minimum atomic E-state index is -4.31. The zero-order valence-electron chi connectivity index (χ0n) is 13.3. The van der Waals surface area contributed by atoms with Gasteiger partial charge in [0.05, 0.1) is 6.33 Å². The monoisotopic (exact) mass is 354 g/mol. The van der Waals surface area contributed by atoms with Crippen LogP contribution in [0.3, 0.4) is 0 Å². The summed E-state index contributed by atoms with van der Waals surface area (Å²) in [5.74, 6) is 0. The van der Waals surface area contributed by atoms with E-state index < -0.39 is 22.2 Å². The molecule has 1 aromatic rings. The third-order valence-electron chi connectivity index (χ3n) is 4.07. The molecule has 2 rings (SSSR count). The summed E-state index contributed by atoms with van der Waals surface area (Å²) in [5.41, 5.74) is 0. The molecule has 1 fully saturated rings. The van der Waals surface area contributed by atoms with Gasteiger partial charge < -0.3 is 4.57 Å². The van der Waals surface area contributed by atoms with Crippen LogP contribution in [-0.4, -0.2) is 65.6 Å². The number of hydrogen-bond donors (Lipinski definition) is 0. The molecule has 1 saturated heterocycles. The van der Waals surface area contributed by atoms with Gasteiger partial charge in [0.1, 0.15) is 6.04 Å². The Balaban J connectivity index is 2.06. The van der Waals surface area contributed by atoms with Gasteiger partial charge in [-0.05, 0) is 20.8 Å². The topological polar surface area (TPSA) is 58.4 Å². The SMILES string of the molecule is CC(C)n1cnc(S(=O)(=O)N2CCN(C(C)C(F)(F)F)CC2)c1. The highest BCUT2D eigenvalue weighted by Gasteiger charge is 2.42. The van der Waals surface area contributed by atoms with Crippen LogP contribution in [0.1, 0.15) is 26.8 Å². The molecule has 23 heavy (non-hydrogen) atoms. The molecular weight excluding hydrogens is 333 g/mol. The maximum absolute atomic E-state index is 12.7. The van der Waals surface area contributed by atoms with Gasteiger partial charge in [-0.2, -0.15) is 17.5 Å². The minimum Gasteiger partial charge on any atom is -0.334 e. The fourth-order valence-electron chi connectivity index (χ4n) is 2.40. The Morgan fingerprint density at radius 3 is 2.13 bits per heavy atom. The van der Waals surface area contributed by atoms with Gasteiger partial charge in [-0.1, -0.05) is 0 Å². The van der Waals surface area contributed by atoms with E-state index >= 15 is 0 Å². The lowest BCUT2D eigenvalue weighted by molar-refractivity contribution is -0.181. The Morgan fingerprint density at radius 2 is 1.70 bits per heavy atom. The molecule has 1 unspecified atom stereocenters. The zero-order valence-corrected chi connectivity index (χ0v) is 14.1. The number of rotatable bonds is 4. The standard InChI is InChI=1S/C13H21F3N4O2S/c1-10(2)19-8-12(17-9-19)23(21,22)20-6-4-18(5-7-20)11(3)13(14,15)16/h8-11H,4-7H2,1-3H3. The number of hydrogen-bond acceptors (Lipinski definition) is 4. The van der Waals surface area contributed by atoms with Crippen molar-refractivity contribution in [3.05, 3.63) is 12.5 Å². The molecule has 0 bridgehead atoms. The smallest absolute Gasteiger partial charge is 0.334 e. The Hall–Kier alpha value is -1.13. The summed E-state index contributed by atoms with van der Waals surface area (Å²) in [7, 11) is -3.77. The van der Waals surface area contributed by atoms with E-state index in [9.17, 15) is 21.6 Å². The Morgan fingerprint density at radius 1 is 1.13 bits per heavy atom. The predicted octanol–water partition coefficient (Wildman–Crippen LogP) is 1.72. The number of sulfonamides is 1. The molecule has 0 amide bonds. The van der Waals surface area contributed by atoms with Crippen LogP contribution in [0, 0.1) is 0 Å². The first kappa shape index (κ1) is 18.2. The van der Waals surface area contributed by atoms with Crippen LogP contribution in [0.4, 0.5) is 13.2 Å². The van der Waals surface area contributed by atoms with Crippen molar-refractivity contribution in [1.82, 2.24) is 18.8 Å². The van der Waals surface area contributed by atoms with Crippen molar-refractivity contribution in [1.29, 1.82) is 0 Å². The largest absolute Gasteiger partial charge is 0.403 e. The van der Waals surface area contributed by atoms with Gasteiger partial charge in [0.25, 0.3) is 10.0 Å². The normalized spacial score (nSPS) is 20.1. The number of imidazole rings is 1. The predicted molar refractivity (Wildman–Crippen MR) is 78.5 cm³/mol. The van der Waals surface area contributed by atoms with E-state index in [-0.39, 0.29) is 37.2 Å². The average molecular weight is 354 g/mol. The first-order valence-corrected chi connectivity index (χ1v) is 8.82. The fraction of sp³-hybridized carbons (Fsp3) is 0.769. The van der Waals surface area contributed by atoms with Crippen molar-refractivity contribution in [3.63, 3.8) is 0 Å². The average Bonchev–Trinajstić information content (AvgIpc) is 2.96. The quantitative estimate of drug-likeness (QED) is 0.826. The number of alkyl halides is 3. The van der Waals surface area contributed by atoms with Gasteiger partial charge in [0.15, 0.2) is 5.03 Å². The van der Waals surface area contributed by atoms with Crippen molar-refractivity contribution >= 4 is 10.0 Å². The second kappa shape index (κ2) is 6.40. The van der Waals surface area contributed by atoms with Crippen LogP contribution in [-0.2, 0) is 10.0 Å². The molecule has 0 N–H and O–H groups in total. The number of aromatic nitrogens is 2.